The summed E-state index contributed by atoms with van der Waals surface area (Å²) in [5, 5.41) is 3.34. The monoisotopic (exact) mass is 291 g/mol. The number of hydrogen-bond acceptors (Lipinski definition) is 4. The number of benzene rings is 1. The van der Waals surface area contributed by atoms with E-state index in [4.69, 9.17) is 9.47 Å². The number of hydrogen-bond donors (Lipinski definition) is 1. The molecule has 1 N–H and O–H groups in total. The van der Waals surface area contributed by atoms with Gasteiger partial charge in [0.05, 0.1) is 13.2 Å². The number of esters is 1. The number of carbonyl (C=O) groups is 1. The van der Waals surface area contributed by atoms with E-state index in [1.165, 1.54) is 17.5 Å². The molecule has 116 valence electrons. The largest absolute Gasteiger partial charge is 0.493 e. The SMILES string of the molecule is CCOC(=O)CCc1ccc(OCC2CCNC2)cc1C. The minimum absolute atomic E-state index is 0.133. The lowest BCUT2D eigenvalue weighted by atomic mass is 10.0. The molecule has 1 aliphatic rings. The molecule has 1 aliphatic heterocycles. The molecule has 1 fully saturated rings. The van der Waals surface area contributed by atoms with Gasteiger partial charge in [0.25, 0.3) is 0 Å². The molecule has 0 aromatic heterocycles. The van der Waals surface area contributed by atoms with Crippen LogP contribution in [-0.4, -0.2) is 32.3 Å². The number of carbonyl (C=O) groups excluding carboxylic acids is 1. The average molecular weight is 291 g/mol. The summed E-state index contributed by atoms with van der Waals surface area (Å²) >= 11 is 0. The van der Waals surface area contributed by atoms with Gasteiger partial charge in [0.2, 0.25) is 0 Å². The Balaban J connectivity index is 1.83. The molecule has 1 aromatic rings. The van der Waals surface area contributed by atoms with Gasteiger partial charge in [-0.1, -0.05) is 6.07 Å². The smallest absolute Gasteiger partial charge is 0.306 e. The summed E-state index contributed by atoms with van der Waals surface area (Å²) in [6.45, 7) is 7.26. The molecule has 0 spiro atoms. The van der Waals surface area contributed by atoms with E-state index in [1.54, 1.807) is 0 Å². The van der Waals surface area contributed by atoms with Crippen molar-refractivity contribution < 1.29 is 14.3 Å². The van der Waals surface area contributed by atoms with Crippen molar-refractivity contribution in [2.75, 3.05) is 26.3 Å². The van der Waals surface area contributed by atoms with Gasteiger partial charge in [-0.3, -0.25) is 4.79 Å². The molecule has 1 heterocycles. The standard InChI is InChI=1S/C17H25NO3/c1-3-20-17(19)7-5-15-4-6-16(10-13(15)2)21-12-14-8-9-18-11-14/h4,6,10,14,18H,3,5,7-9,11-12H2,1-2H3. The first-order valence-corrected chi connectivity index (χ1v) is 7.77. The second-order valence-electron chi connectivity index (χ2n) is 5.56. The maximum atomic E-state index is 11.4. The Morgan fingerprint density at radius 3 is 2.95 bits per heavy atom. The van der Waals surface area contributed by atoms with Crippen LogP contribution in [0.4, 0.5) is 0 Å². The molecule has 0 bridgehead atoms. The van der Waals surface area contributed by atoms with Crippen molar-refractivity contribution in [3.8, 4) is 5.75 Å². The fourth-order valence-corrected chi connectivity index (χ4v) is 2.58. The van der Waals surface area contributed by atoms with Crippen molar-refractivity contribution in [1.29, 1.82) is 0 Å². The first-order valence-electron chi connectivity index (χ1n) is 7.77. The van der Waals surface area contributed by atoms with Crippen LogP contribution < -0.4 is 10.1 Å². The quantitative estimate of drug-likeness (QED) is 0.784. The third-order valence-corrected chi connectivity index (χ3v) is 3.87. The van der Waals surface area contributed by atoms with E-state index in [9.17, 15) is 4.79 Å². The molecule has 0 radical (unpaired) electrons. The summed E-state index contributed by atoms with van der Waals surface area (Å²) in [7, 11) is 0. The van der Waals surface area contributed by atoms with Gasteiger partial charge < -0.3 is 14.8 Å². The topological polar surface area (TPSA) is 47.6 Å². The number of aryl methyl sites for hydroxylation is 2. The lowest BCUT2D eigenvalue weighted by molar-refractivity contribution is -0.143. The van der Waals surface area contributed by atoms with Crippen LogP contribution in [0.1, 0.15) is 30.9 Å². The van der Waals surface area contributed by atoms with E-state index < -0.39 is 0 Å². The maximum Gasteiger partial charge on any atom is 0.306 e. The summed E-state index contributed by atoms with van der Waals surface area (Å²) < 4.78 is 10.8. The second kappa shape index (κ2) is 8.03. The summed E-state index contributed by atoms with van der Waals surface area (Å²) in [6, 6.07) is 6.11. The molecular weight excluding hydrogens is 266 g/mol. The van der Waals surface area contributed by atoms with Crippen molar-refractivity contribution in [2.24, 2.45) is 5.92 Å². The number of nitrogens with one attached hydrogen (secondary N) is 1. The highest BCUT2D eigenvalue weighted by atomic mass is 16.5. The van der Waals surface area contributed by atoms with Gasteiger partial charge in [0.15, 0.2) is 0 Å². The van der Waals surface area contributed by atoms with Gasteiger partial charge in [0.1, 0.15) is 5.75 Å². The van der Waals surface area contributed by atoms with E-state index in [2.05, 4.69) is 24.4 Å². The number of rotatable bonds is 7. The Kier molecular flexibility index (Phi) is 6.05. The highest BCUT2D eigenvalue weighted by molar-refractivity contribution is 5.69. The predicted octanol–water partition coefficient (Wildman–Crippen LogP) is 2.48. The average Bonchev–Trinajstić information content (AvgIpc) is 2.98. The van der Waals surface area contributed by atoms with Crippen LogP contribution in [0.2, 0.25) is 0 Å². The third-order valence-electron chi connectivity index (χ3n) is 3.87. The molecule has 4 nitrogen and oxygen atoms in total. The fourth-order valence-electron chi connectivity index (χ4n) is 2.58. The molecule has 1 saturated heterocycles. The molecule has 1 atom stereocenters. The minimum atomic E-state index is -0.133. The lowest BCUT2D eigenvalue weighted by Gasteiger charge is -2.13. The van der Waals surface area contributed by atoms with Crippen molar-refractivity contribution in [3.05, 3.63) is 29.3 Å². The Morgan fingerprint density at radius 1 is 1.43 bits per heavy atom. The van der Waals surface area contributed by atoms with E-state index in [1.807, 2.05) is 13.0 Å². The lowest BCUT2D eigenvalue weighted by Crippen LogP contribution is -2.15. The van der Waals surface area contributed by atoms with Gasteiger partial charge in [-0.15, -0.1) is 0 Å². The van der Waals surface area contributed by atoms with Gasteiger partial charge in [-0.2, -0.15) is 0 Å². The minimum Gasteiger partial charge on any atom is -0.493 e. The van der Waals surface area contributed by atoms with Crippen molar-refractivity contribution >= 4 is 5.97 Å². The molecule has 1 unspecified atom stereocenters. The van der Waals surface area contributed by atoms with Crippen LogP contribution in [-0.2, 0) is 16.0 Å². The summed E-state index contributed by atoms with van der Waals surface area (Å²) in [5.74, 6) is 1.40. The first-order chi connectivity index (χ1) is 10.2. The van der Waals surface area contributed by atoms with E-state index in [0.717, 1.165) is 31.9 Å². The highest BCUT2D eigenvalue weighted by Crippen LogP contribution is 2.20. The molecule has 0 amide bonds. The fraction of sp³-hybridized carbons (Fsp3) is 0.588. The van der Waals surface area contributed by atoms with Gasteiger partial charge in [0, 0.05) is 18.9 Å². The normalized spacial score (nSPS) is 17.7. The summed E-state index contributed by atoms with van der Waals surface area (Å²) in [6.07, 6.45) is 2.34. The molecular formula is C17H25NO3. The number of ether oxygens (including phenoxy) is 2. The Labute approximate surface area is 126 Å². The van der Waals surface area contributed by atoms with Crippen LogP contribution in [0.15, 0.2) is 18.2 Å². The highest BCUT2D eigenvalue weighted by Gasteiger charge is 2.15. The summed E-state index contributed by atoms with van der Waals surface area (Å²) in [4.78, 5) is 11.4. The van der Waals surface area contributed by atoms with Crippen LogP contribution >= 0.6 is 0 Å². The van der Waals surface area contributed by atoms with Crippen molar-refractivity contribution in [1.82, 2.24) is 5.32 Å². The molecule has 0 saturated carbocycles. The van der Waals surface area contributed by atoms with Crippen LogP contribution in [0, 0.1) is 12.8 Å². The van der Waals surface area contributed by atoms with Gasteiger partial charge >= 0.3 is 5.97 Å². The van der Waals surface area contributed by atoms with Gasteiger partial charge in [-0.05, 0) is 56.5 Å². The molecule has 2 rings (SSSR count). The van der Waals surface area contributed by atoms with Crippen LogP contribution in [0.3, 0.4) is 0 Å². The maximum absolute atomic E-state index is 11.4. The van der Waals surface area contributed by atoms with Crippen molar-refractivity contribution in [2.45, 2.75) is 33.1 Å². The summed E-state index contributed by atoms with van der Waals surface area (Å²) in [5.41, 5.74) is 2.35. The van der Waals surface area contributed by atoms with E-state index in [-0.39, 0.29) is 5.97 Å². The van der Waals surface area contributed by atoms with Gasteiger partial charge in [-0.25, -0.2) is 0 Å². The van der Waals surface area contributed by atoms with Crippen molar-refractivity contribution in [3.63, 3.8) is 0 Å². The first kappa shape index (κ1) is 15.8. The van der Waals surface area contributed by atoms with E-state index in [0.29, 0.717) is 18.9 Å². The molecule has 21 heavy (non-hydrogen) atoms. The Bertz CT molecular complexity index is 467. The zero-order valence-corrected chi connectivity index (χ0v) is 13.0. The molecule has 4 heteroatoms. The predicted molar refractivity (Wildman–Crippen MR) is 82.6 cm³/mol. The molecule has 0 aliphatic carbocycles. The molecule has 1 aromatic carbocycles. The second-order valence-corrected chi connectivity index (χ2v) is 5.56. The van der Waals surface area contributed by atoms with E-state index >= 15 is 0 Å². The zero-order valence-electron chi connectivity index (χ0n) is 13.0. The van der Waals surface area contributed by atoms with Crippen LogP contribution in [0.5, 0.6) is 5.75 Å². The Hall–Kier alpha value is -1.55. The Morgan fingerprint density at radius 2 is 2.29 bits per heavy atom. The third kappa shape index (κ3) is 5.05. The van der Waals surface area contributed by atoms with Crippen LogP contribution in [0.25, 0.3) is 0 Å². The zero-order chi connectivity index (χ0) is 15.1.